The molecule has 11 heavy (non-hydrogen) atoms. The van der Waals surface area contributed by atoms with Crippen molar-refractivity contribution in [2.45, 2.75) is 20.3 Å². The summed E-state index contributed by atoms with van der Waals surface area (Å²) in [5.41, 5.74) is 4.68. The molecule has 3 nitrogen and oxygen atoms in total. The van der Waals surface area contributed by atoms with Gasteiger partial charge in [0.1, 0.15) is 0 Å². The molecule has 1 fully saturated rings. The van der Waals surface area contributed by atoms with E-state index in [0.29, 0.717) is 0 Å². The number of carbonyl (C=O) groups is 1. The summed E-state index contributed by atoms with van der Waals surface area (Å²) in [4.78, 5) is 10.9. The minimum atomic E-state index is -0.500. The monoisotopic (exact) mass is 152 g/mol. The fraction of sp³-hybridized carbons (Fsp3) is 0.750. The lowest BCUT2D eigenvalue weighted by molar-refractivity contribution is -0.127. The molecule has 2 atom stereocenters. The lowest BCUT2D eigenvalue weighted by Crippen LogP contribution is -2.33. The fourth-order valence-corrected chi connectivity index (χ4v) is 1.32. The Labute approximate surface area is 66.2 Å². The lowest BCUT2D eigenvalue weighted by Gasteiger charge is -2.19. The Morgan fingerprint density at radius 3 is 2.55 bits per heavy atom. The van der Waals surface area contributed by atoms with E-state index in [1.807, 2.05) is 0 Å². The van der Waals surface area contributed by atoms with Crippen LogP contribution in [0.2, 0.25) is 0 Å². The Morgan fingerprint density at radius 2 is 2.27 bits per heavy atom. The van der Waals surface area contributed by atoms with Crippen LogP contribution in [0, 0.1) is 28.6 Å². The van der Waals surface area contributed by atoms with Gasteiger partial charge in [0.05, 0.1) is 12.0 Å². The first-order valence-electron chi connectivity index (χ1n) is 3.69. The predicted octanol–water partition coefficient (Wildman–Crippen LogP) is 0.658. The average molecular weight is 152 g/mol. The van der Waals surface area contributed by atoms with Crippen LogP contribution >= 0.6 is 0 Å². The van der Waals surface area contributed by atoms with Crippen LogP contribution in [0.3, 0.4) is 0 Å². The van der Waals surface area contributed by atoms with Crippen molar-refractivity contribution < 1.29 is 4.79 Å². The molecule has 0 aromatic carbocycles. The van der Waals surface area contributed by atoms with Gasteiger partial charge in [-0.05, 0) is 12.3 Å². The molecule has 1 aliphatic rings. The number of amides is 1. The molecule has 0 aliphatic heterocycles. The minimum absolute atomic E-state index is 0.0532. The largest absolute Gasteiger partial charge is 0.369 e. The van der Waals surface area contributed by atoms with Crippen molar-refractivity contribution in [3.8, 4) is 6.07 Å². The summed E-state index contributed by atoms with van der Waals surface area (Å²) in [6.07, 6.45) is 0.826. The molecule has 1 saturated carbocycles. The molecule has 0 radical (unpaired) electrons. The molecule has 0 aromatic rings. The lowest BCUT2D eigenvalue weighted by atomic mass is 9.85. The van der Waals surface area contributed by atoms with E-state index in [0.717, 1.165) is 6.42 Å². The molecule has 3 heteroatoms. The first-order valence-corrected chi connectivity index (χ1v) is 3.69. The molecule has 0 spiro atoms. The Morgan fingerprint density at radius 1 is 1.73 bits per heavy atom. The maximum atomic E-state index is 10.9. The standard InChI is InChI=1S/C8H12N2O/c1-8(2,7(10)11)6-3-5(6)4-9/h5-6H,3H2,1-2H3,(H2,10,11). The van der Waals surface area contributed by atoms with Gasteiger partial charge in [-0.3, -0.25) is 4.79 Å². The number of nitrogens with zero attached hydrogens (tertiary/aromatic N) is 1. The number of rotatable bonds is 2. The Bertz CT molecular complexity index is 227. The molecule has 0 bridgehead atoms. The van der Waals surface area contributed by atoms with Crippen molar-refractivity contribution >= 4 is 5.91 Å². The topological polar surface area (TPSA) is 66.9 Å². The van der Waals surface area contributed by atoms with Crippen molar-refractivity contribution in [2.24, 2.45) is 23.0 Å². The van der Waals surface area contributed by atoms with Crippen LogP contribution in [0.4, 0.5) is 0 Å². The Balaban J connectivity index is 2.64. The second-order valence-electron chi connectivity index (χ2n) is 3.66. The number of nitrogens with two attached hydrogens (primary N) is 1. The van der Waals surface area contributed by atoms with Crippen LogP contribution in [-0.2, 0) is 4.79 Å². The minimum Gasteiger partial charge on any atom is -0.369 e. The normalized spacial score (nSPS) is 29.2. The summed E-state index contributed by atoms with van der Waals surface area (Å²) in [6, 6.07) is 2.14. The van der Waals surface area contributed by atoms with Crippen molar-refractivity contribution in [1.82, 2.24) is 0 Å². The van der Waals surface area contributed by atoms with Crippen molar-refractivity contribution in [1.29, 1.82) is 5.26 Å². The smallest absolute Gasteiger partial charge is 0.223 e. The molecular weight excluding hydrogens is 140 g/mol. The highest BCUT2D eigenvalue weighted by Crippen LogP contribution is 2.50. The highest BCUT2D eigenvalue weighted by Gasteiger charge is 2.50. The first kappa shape index (κ1) is 8.06. The van der Waals surface area contributed by atoms with E-state index < -0.39 is 5.41 Å². The van der Waals surface area contributed by atoms with Crippen molar-refractivity contribution in [3.05, 3.63) is 0 Å². The van der Waals surface area contributed by atoms with Crippen LogP contribution in [0.1, 0.15) is 20.3 Å². The maximum absolute atomic E-state index is 10.9. The molecule has 60 valence electrons. The second kappa shape index (κ2) is 2.23. The number of primary amides is 1. The maximum Gasteiger partial charge on any atom is 0.223 e. The van der Waals surface area contributed by atoms with Gasteiger partial charge in [0.2, 0.25) is 5.91 Å². The summed E-state index contributed by atoms with van der Waals surface area (Å²) in [5.74, 6) is -0.0669. The van der Waals surface area contributed by atoms with E-state index in [1.54, 1.807) is 13.8 Å². The summed E-state index contributed by atoms with van der Waals surface area (Å²) in [5, 5.41) is 8.52. The number of carbonyl (C=O) groups excluding carboxylic acids is 1. The zero-order chi connectivity index (χ0) is 8.65. The third-order valence-corrected chi connectivity index (χ3v) is 2.52. The second-order valence-corrected chi connectivity index (χ2v) is 3.66. The molecule has 1 amide bonds. The molecule has 0 heterocycles. The van der Waals surface area contributed by atoms with Crippen molar-refractivity contribution in [2.75, 3.05) is 0 Å². The summed E-state index contributed by atoms with van der Waals surface area (Å²) in [7, 11) is 0. The summed E-state index contributed by atoms with van der Waals surface area (Å²) < 4.78 is 0. The fourth-order valence-electron chi connectivity index (χ4n) is 1.32. The molecule has 0 saturated heterocycles. The first-order chi connectivity index (χ1) is 5.00. The third-order valence-electron chi connectivity index (χ3n) is 2.52. The van der Waals surface area contributed by atoms with E-state index in [1.165, 1.54) is 0 Å². The number of nitriles is 1. The zero-order valence-corrected chi connectivity index (χ0v) is 6.79. The zero-order valence-electron chi connectivity index (χ0n) is 6.79. The van der Waals surface area contributed by atoms with Crippen LogP contribution < -0.4 is 5.73 Å². The highest BCUT2D eigenvalue weighted by molar-refractivity contribution is 5.80. The van der Waals surface area contributed by atoms with Gasteiger partial charge in [0.25, 0.3) is 0 Å². The van der Waals surface area contributed by atoms with Gasteiger partial charge >= 0.3 is 0 Å². The average Bonchev–Trinajstić information content (AvgIpc) is 2.65. The van der Waals surface area contributed by atoms with Crippen molar-refractivity contribution in [3.63, 3.8) is 0 Å². The van der Waals surface area contributed by atoms with Crippen LogP contribution in [0.25, 0.3) is 0 Å². The van der Waals surface area contributed by atoms with E-state index in [-0.39, 0.29) is 17.7 Å². The van der Waals surface area contributed by atoms with Crippen LogP contribution in [0.15, 0.2) is 0 Å². The van der Waals surface area contributed by atoms with Gasteiger partial charge in [-0.25, -0.2) is 0 Å². The summed E-state index contributed by atoms with van der Waals surface area (Å²) in [6.45, 7) is 3.61. The Hall–Kier alpha value is -1.04. The molecular formula is C8H12N2O. The van der Waals surface area contributed by atoms with E-state index in [4.69, 9.17) is 11.0 Å². The third kappa shape index (κ3) is 1.21. The van der Waals surface area contributed by atoms with Crippen LogP contribution in [0.5, 0.6) is 0 Å². The van der Waals surface area contributed by atoms with Gasteiger partial charge < -0.3 is 5.73 Å². The predicted molar refractivity (Wildman–Crippen MR) is 40.2 cm³/mol. The van der Waals surface area contributed by atoms with Gasteiger partial charge in [-0.1, -0.05) is 13.8 Å². The molecule has 0 aromatic heterocycles. The molecule has 1 aliphatic carbocycles. The van der Waals surface area contributed by atoms with E-state index >= 15 is 0 Å². The highest BCUT2D eigenvalue weighted by atomic mass is 16.1. The van der Waals surface area contributed by atoms with Crippen LogP contribution in [-0.4, -0.2) is 5.91 Å². The summed E-state index contributed by atoms with van der Waals surface area (Å²) >= 11 is 0. The molecule has 1 rings (SSSR count). The van der Waals surface area contributed by atoms with E-state index in [9.17, 15) is 4.79 Å². The van der Waals surface area contributed by atoms with Gasteiger partial charge in [-0.15, -0.1) is 0 Å². The van der Waals surface area contributed by atoms with Gasteiger partial charge in [0.15, 0.2) is 0 Å². The van der Waals surface area contributed by atoms with E-state index in [2.05, 4.69) is 6.07 Å². The molecule has 2 N–H and O–H groups in total. The van der Waals surface area contributed by atoms with Gasteiger partial charge in [-0.2, -0.15) is 5.26 Å². The number of hydrogen-bond acceptors (Lipinski definition) is 2. The SMILES string of the molecule is CC(C)(C(N)=O)C1CC1C#N. The Kier molecular flexibility index (Phi) is 1.63. The number of hydrogen-bond donors (Lipinski definition) is 1. The van der Waals surface area contributed by atoms with Gasteiger partial charge in [0, 0.05) is 5.41 Å². The quantitative estimate of drug-likeness (QED) is 0.631. The molecule has 2 unspecified atom stereocenters.